The van der Waals surface area contributed by atoms with Gasteiger partial charge in [0.15, 0.2) is 0 Å². The summed E-state index contributed by atoms with van der Waals surface area (Å²) in [6, 6.07) is 12.1. The number of nitrogens with one attached hydrogen (secondary N) is 1. The second-order valence-corrected chi connectivity index (χ2v) is 10.5. The van der Waals surface area contributed by atoms with Crippen LogP contribution in [0.1, 0.15) is 31.2 Å². The van der Waals surface area contributed by atoms with Crippen LogP contribution in [-0.4, -0.2) is 51.3 Å². The topological polar surface area (TPSA) is 96.0 Å². The highest BCUT2D eigenvalue weighted by Gasteiger charge is 2.32. The van der Waals surface area contributed by atoms with Gasteiger partial charge in [-0.1, -0.05) is 6.07 Å². The van der Waals surface area contributed by atoms with Crippen molar-refractivity contribution in [2.45, 2.75) is 37.5 Å². The fourth-order valence-corrected chi connectivity index (χ4v) is 5.85. The van der Waals surface area contributed by atoms with Crippen LogP contribution >= 0.6 is 0 Å². The van der Waals surface area contributed by atoms with Crippen LogP contribution in [0.3, 0.4) is 0 Å². The summed E-state index contributed by atoms with van der Waals surface area (Å²) in [5.41, 5.74) is 2.35. The number of methoxy groups -OCH3 is 1. The van der Waals surface area contributed by atoms with E-state index in [1.54, 1.807) is 36.3 Å². The molecule has 0 atom stereocenters. The molecule has 33 heavy (non-hydrogen) atoms. The van der Waals surface area contributed by atoms with Crippen LogP contribution in [0.25, 0.3) is 0 Å². The second-order valence-electron chi connectivity index (χ2n) is 8.51. The molecule has 8 nitrogen and oxygen atoms in total. The number of anilines is 2. The number of hydrogen-bond acceptors (Lipinski definition) is 5. The van der Waals surface area contributed by atoms with E-state index in [9.17, 15) is 18.0 Å². The maximum atomic E-state index is 13.1. The number of sulfonamides is 1. The molecule has 2 aliphatic rings. The molecule has 2 saturated heterocycles. The number of hydrogen-bond donors (Lipinski definition) is 1. The number of nitrogens with zero attached hydrogens (tertiary/aromatic N) is 2. The van der Waals surface area contributed by atoms with Crippen LogP contribution in [-0.2, 0) is 19.6 Å². The number of ether oxygens (including phenoxy) is 1. The Morgan fingerprint density at radius 2 is 1.76 bits per heavy atom. The molecule has 2 aromatic rings. The molecule has 0 aliphatic carbocycles. The summed E-state index contributed by atoms with van der Waals surface area (Å²) < 4.78 is 33.0. The lowest BCUT2D eigenvalue weighted by molar-refractivity contribution is -0.121. The van der Waals surface area contributed by atoms with Crippen molar-refractivity contribution in [2.75, 3.05) is 37.0 Å². The molecule has 2 aliphatic heterocycles. The van der Waals surface area contributed by atoms with Gasteiger partial charge in [0, 0.05) is 37.7 Å². The van der Waals surface area contributed by atoms with E-state index in [0.717, 1.165) is 17.7 Å². The Bertz CT molecular complexity index is 1140. The van der Waals surface area contributed by atoms with Crippen LogP contribution in [0, 0.1) is 12.8 Å². The van der Waals surface area contributed by atoms with E-state index < -0.39 is 10.0 Å². The van der Waals surface area contributed by atoms with E-state index in [0.29, 0.717) is 37.2 Å². The molecule has 0 unspecified atom stereocenters. The fourth-order valence-electron chi connectivity index (χ4n) is 4.38. The number of benzene rings is 2. The summed E-state index contributed by atoms with van der Waals surface area (Å²) in [5, 5.41) is 2.93. The molecule has 1 N–H and O–H groups in total. The Kier molecular flexibility index (Phi) is 6.71. The number of piperidine rings is 1. The molecule has 0 bridgehead atoms. The monoisotopic (exact) mass is 471 g/mol. The van der Waals surface area contributed by atoms with Gasteiger partial charge in [0.1, 0.15) is 5.75 Å². The fraction of sp³-hybridized carbons (Fsp3) is 0.417. The van der Waals surface area contributed by atoms with Crippen LogP contribution in [0.2, 0.25) is 0 Å². The number of aryl methyl sites for hydroxylation is 1. The Balaban J connectivity index is 1.38. The SMILES string of the molecule is COc1ccc(C)cc1NC(=O)C1CCN(S(=O)(=O)c2ccc(N3CCCC3=O)cc2)CC1. The van der Waals surface area contributed by atoms with Crippen molar-refractivity contribution in [2.24, 2.45) is 5.92 Å². The summed E-state index contributed by atoms with van der Waals surface area (Å²) in [6.45, 7) is 3.15. The number of carbonyl (C=O) groups is 2. The van der Waals surface area contributed by atoms with Crippen LogP contribution in [0.5, 0.6) is 5.75 Å². The van der Waals surface area contributed by atoms with Gasteiger partial charge in [0.2, 0.25) is 21.8 Å². The molecule has 0 spiro atoms. The molecule has 0 saturated carbocycles. The van der Waals surface area contributed by atoms with Crippen LogP contribution in [0.4, 0.5) is 11.4 Å². The zero-order valence-corrected chi connectivity index (χ0v) is 19.7. The molecule has 0 aromatic heterocycles. The summed E-state index contributed by atoms with van der Waals surface area (Å²) in [4.78, 5) is 26.6. The number of rotatable bonds is 6. The van der Waals surface area contributed by atoms with Gasteiger partial charge >= 0.3 is 0 Å². The maximum absolute atomic E-state index is 13.1. The average molecular weight is 472 g/mol. The van der Waals surface area contributed by atoms with Crippen LogP contribution < -0.4 is 15.0 Å². The smallest absolute Gasteiger partial charge is 0.243 e. The molecule has 2 amide bonds. The van der Waals surface area contributed by atoms with Gasteiger partial charge < -0.3 is 15.0 Å². The molecule has 2 heterocycles. The first-order chi connectivity index (χ1) is 15.8. The van der Waals surface area contributed by atoms with Crippen molar-refractivity contribution >= 4 is 33.2 Å². The zero-order valence-electron chi connectivity index (χ0n) is 18.9. The van der Waals surface area contributed by atoms with Crippen molar-refractivity contribution in [3.05, 3.63) is 48.0 Å². The third-order valence-electron chi connectivity index (χ3n) is 6.30. The van der Waals surface area contributed by atoms with Crippen molar-refractivity contribution in [3.63, 3.8) is 0 Å². The lowest BCUT2D eigenvalue weighted by atomic mass is 9.97. The average Bonchev–Trinajstić information content (AvgIpc) is 3.25. The molecule has 0 radical (unpaired) electrons. The van der Waals surface area contributed by atoms with Crippen molar-refractivity contribution in [1.29, 1.82) is 0 Å². The molecule has 2 fully saturated rings. The molecular weight excluding hydrogens is 442 g/mol. The van der Waals surface area contributed by atoms with Gasteiger partial charge in [0.05, 0.1) is 17.7 Å². The molecule has 4 rings (SSSR count). The Hall–Kier alpha value is -2.91. The summed E-state index contributed by atoms with van der Waals surface area (Å²) in [7, 11) is -2.11. The highest BCUT2D eigenvalue weighted by atomic mass is 32.2. The lowest BCUT2D eigenvalue weighted by Crippen LogP contribution is -2.41. The Labute approximate surface area is 194 Å². The van der Waals surface area contributed by atoms with Crippen molar-refractivity contribution in [3.8, 4) is 5.75 Å². The van der Waals surface area contributed by atoms with Gasteiger partial charge in [-0.2, -0.15) is 4.31 Å². The predicted octanol–water partition coefficient (Wildman–Crippen LogP) is 3.17. The van der Waals surface area contributed by atoms with Gasteiger partial charge in [-0.25, -0.2) is 8.42 Å². The predicted molar refractivity (Wildman–Crippen MR) is 126 cm³/mol. The quantitative estimate of drug-likeness (QED) is 0.698. The molecule has 9 heteroatoms. The minimum atomic E-state index is -3.66. The van der Waals surface area contributed by atoms with Gasteiger partial charge in [-0.15, -0.1) is 0 Å². The van der Waals surface area contributed by atoms with Gasteiger partial charge in [0.25, 0.3) is 0 Å². The Morgan fingerprint density at radius 3 is 2.36 bits per heavy atom. The van der Waals surface area contributed by atoms with E-state index >= 15 is 0 Å². The first kappa shape index (κ1) is 23.3. The lowest BCUT2D eigenvalue weighted by Gasteiger charge is -2.30. The highest BCUT2D eigenvalue weighted by Crippen LogP contribution is 2.29. The standard InChI is InChI=1S/C24H29N3O5S/c1-17-5-10-22(32-2)21(16-17)25-24(29)18-11-14-26(15-12-18)33(30,31)20-8-6-19(7-9-20)27-13-3-4-23(27)28/h5-10,16,18H,3-4,11-15H2,1-2H3,(H,25,29). The first-order valence-corrected chi connectivity index (χ1v) is 12.6. The minimum Gasteiger partial charge on any atom is -0.495 e. The van der Waals surface area contributed by atoms with E-state index in [1.165, 1.54) is 4.31 Å². The summed E-state index contributed by atoms with van der Waals surface area (Å²) in [5.74, 6) is 0.253. The third kappa shape index (κ3) is 4.89. The molecular formula is C24H29N3O5S. The summed E-state index contributed by atoms with van der Waals surface area (Å²) >= 11 is 0. The highest BCUT2D eigenvalue weighted by molar-refractivity contribution is 7.89. The van der Waals surface area contributed by atoms with Gasteiger partial charge in [-0.05, 0) is 68.1 Å². The summed E-state index contributed by atoms with van der Waals surface area (Å²) in [6.07, 6.45) is 2.23. The Morgan fingerprint density at radius 1 is 1.06 bits per heavy atom. The normalized spacial score (nSPS) is 17.9. The van der Waals surface area contributed by atoms with Crippen molar-refractivity contribution < 1.29 is 22.7 Å². The second kappa shape index (κ2) is 9.52. The zero-order chi connectivity index (χ0) is 23.6. The van der Waals surface area contributed by atoms with E-state index in [1.807, 2.05) is 25.1 Å². The van der Waals surface area contributed by atoms with E-state index in [-0.39, 0.29) is 35.7 Å². The van der Waals surface area contributed by atoms with Gasteiger partial charge in [-0.3, -0.25) is 9.59 Å². The van der Waals surface area contributed by atoms with Crippen LogP contribution in [0.15, 0.2) is 47.4 Å². The van der Waals surface area contributed by atoms with E-state index in [2.05, 4.69) is 5.32 Å². The molecule has 176 valence electrons. The number of carbonyl (C=O) groups excluding carboxylic acids is 2. The third-order valence-corrected chi connectivity index (χ3v) is 8.21. The minimum absolute atomic E-state index is 0.0641. The first-order valence-electron chi connectivity index (χ1n) is 11.2. The largest absolute Gasteiger partial charge is 0.495 e. The van der Waals surface area contributed by atoms with E-state index in [4.69, 9.17) is 4.74 Å². The molecule has 2 aromatic carbocycles. The maximum Gasteiger partial charge on any atom is 0.243 e. The number of amides is 2. The van der Waals surface area contributed by atoms with Crippen molar-refractivity contribution in [1.82, 2.24) is 4.31 Å².